The monoisotopic (exact) mass is 447 g/mol. The lowest BCUT2D eigenvalue weighted by Crippen LogP contribution is -2.43. The maximum atomic E-state index is 12.9. The van der Waals surface area contributed by atoms with Crippen LogP contribution in [0.4, 0.5) is 9.93 Å². The minimum absolute atomic E-state index is 0.176. The number of hydrogen-bond acceptors (Lipinski definition) is 6. The van der Waals surface area contributed by atoms with Crippen molar-refractivity contribution in [3.05, 3.63) is 66.4 Å². The number of anilines is 1. The van der Waals surface area contributed by atoms with Gasteiger partial charge in [0, 0.05) is 29.2 Å². The van der Waals surface area contributed by atoms with Crippen molar-refractivity contribution in [2.75, 3.05) is 11.9 Å². The highest BCUT2D eigenvalue weighted by atomic mass is 32.1. The molecule has 0 spiro atoms. The molecule has 0 bridgehead atoms. The number of nitrogens with zero attached hydrogens (tertiary/aromatic N) is 3. The van der Waals surface area contributed by atoms with Crippen molar-refractivity contribution in [3.8, 4) is 10.6 Å². The van der Waals surface area contributed by atoms with Crippen LogP contribution in [-0.2, 0) is 16.1 Å². The summed E-state index contributed by atoms with van der Waals surface area (Å²) >= 11 is 1.30. The fourth-order valence-electron chi connectivity index (χ4n) is 3.83. The van der Waals surface area contributed by atoms with Crippen LogP contribution in [0.2, 0.25) is 0 Å². The fourth-order valence-corrected chi connectivity index (χ4v) is 4.57. The van der Waals surface area contributed by atoms with Gasteiger partial charge in [0.25, 0.3) is 0 Å². The van der Waals surface area contributed by atoms with E-state index in [0.717, 1.165) is 28.5 Å². The summed E-state index contributed by atoms with van der Waals surface area (Å²) < 4.78 is 5.41. The number of fused-ring (bicyclic) bond motifs is 1. The molecule has 0 saturated carbocycles. The van der Waals surface area contributed by atoms with Crippen LogP contribution in [0.15, 0.2) is 60.8 Å². The number of likely N-dealkylation sites (tertiary alicyclic amines) is 1. The Morgan fingerprint density at radius 3 is 2.91 bits per heavy atom. The molecule has 0 radical (unpaired) electrons. The fraction of sp³-hybridized carbons (Fsp3) is 0.217. The molecule has 9 heteroatoms. The Kier molecular flexibility index (Phi) is 5.55. The van der Waals surface area contributed by atoms with E-state index in [1.165, 1.54) is 16.2 Å². The SMILES string of the molecule is O=C(Nc1nnc(-c2ccc3[nH]ccc3c2)s1)C1CCCN1C(=O)OCc1ccccc1. The van der Waals surface area contributed by atoms with Gasteiger partial charge in [0.05, 0.1) is 0 Å². The lowest BCUT2D eigenvalue weighted by Gasteiger charge is -2.22. The van der Waals surface area contributed by atoms with Gasteiger partial charge in [-0.15, -0.1) is 10.2 Å². The number of H-pyrrole nitrogens is 1. The number of nitrogens with one attached hydrogen (secondary N) is 2. The van der Waals surface area contributed by atoms with Crippen LogP contribution < -0.4 is 5.32 Å². The van der Waals surface area contributed by atoms with Crippen LogP contribution in [0.3, 0.4) is 0 Å². The first-order chi connectivity index (χ1) is 15.7. The largest absolute Gasteiger partial charge is 0.445 e. The molecule has 1 atom stereocenters. The van der Waals surface area contributed by atoms with Crippen LogP contribution in [0.1, 0.15) is 18.4 Å². The van der Waals surface area contributed by atoms with Crippen molar-refractivity contribution in [1.29, 1.82) is 0 Å². The van der Waals surface area contributed by atoms with Crippen LogP contribution >= 0.6 is 11.3 Å². The first-order valence-electron chi connectivity index (χ1n) is 10.4. The highest BCUT2D eigenvalue weighted by Crippen LogP contribution is 2.29. The summed E-state index contributed by atoms with van der Waals surface area (Å²) in [5.41, 5.74) is 2.88. The van der Waals surface area contributed by atoms with E-state index in [1.54, 1.807) is 0 Å². The van der Waals surface area contributed by atoms with Crippen LogP contribution in [-0.4, -0.2) is 44.7 Å². The number of amides is 2. The quantitative estimate of drug-likeness (QED) is 0.472. The molecule has 2 N–H and O–H groups in total. The van der Waals surface area contributed by atoms with E-state index in [9.17, 15) is 9.59 Å². The first kappa shape index (κ1) is 20.2. The molecule has 162 valence electrons. The smallest absolute Gasteiger partial charge is 0.410 e. The Bertz CT molecular complexity index is 1250. The van der Waals surface area contributed by atoms with Gasteiger partial charge >= 0.3 is 6.09 Å². The minimum Gasteiger partial charge on any atom is -0.445 e. The van der Waals surface area contributed by atoms with Gasteiger partial charge in [-0.25, -0.2) is 4.79 Å². The van der Waals surface area contributed by atoms with E-state index in [2.05, 4.69) is 20.5 Å². The number of aromatic nitrogens is 3. The van der Waals surface area contributed by atoms with Gasteiger partial charge in [-0.2, -0.15) is 0 Å². The van der Waals surface area contributed by atoms with E-state index in [4.69, 9.17) is 4.74 Å². The molecule has 2 amide bonds. The molecule has 1 aliphatic heterocycles. The third-order valence-corrected chi connectivity index (χ3v) is 6.34. The molecule has 2 aromatic heterocycles. The molecular weight excluding hydrogens is 426 g/mol. The standard InChI is InChI=1S/C23H21N5O3S/c29-20(19-7-4-12-28(19)23(30)31-14-15-5-2-1-3-6-15)25-22-27-26-21(32-22)17-8-9-18-16(13-17)10-11-24-18/h1-3,5-6,8-11,13,19,24H,4,7,12,14H2,(H,25,27,29). The second-order valence-electron chi connectivity index (χ2n) is 7.57. The highest BCUT2D eigenvalue weighted by molar-refractivity contribution is 7.18. The van der Waals surface area contributed by atoms with Gasteiger partial charge < -0.3 is 9.72 Å². The zero-order valence-corrected chi connectivity index (χ0v) is 18.0. The van der Waals surface area contributed by atoms with Crippen molar-refractivity contribution in [3.63, 3.8) is 0 Å². The molecule has 1 unspecified atom stereocenters. The lowest BCUT2D eigenvalue weighted by atomic mass is 10.2. The number of ether oxygens (including phenoxy) is 1. The lowest BCUT2D eigenvalue weighted by molar-refractivity contribution is -0.120. The zero-order valence-electron chi connectivity index (χ0n) is 17.2. The molecule has 3 heterocycles. The third-order valence-electron chi connectivity index (χ3n) is 5.45. The molecule has 0 aliphatic carbocycles. The van der Waals surface area contributed by atoms with Crippen molar-refractivity contribution < 1.29 is 14.3 Å². The van der Waals surface area contributed by atoms with Crippen LogP contribution in [0, 0.1) is 0 Å². The summed E-state index contributed by atoms with van der Waals surface area (Å²) in [4.78, 5) is 30.1. The normalized spacial score (nSPS) is 15.8. The Hall–Kier alpha value is -3.72. The number of hydrogen-bond donors (Lipinski definition) is 2. The number of carbonyl (C=O) groups excluding carboxylic acids is 2. The average molecular weight is 448 g/mol. The summed E-state index contributed by atoms with van der Waals surface area (Å²) in [6.07, 6.45) is 2.74. The number of carbonyl (C=O) groups is 2. The van der Waals surface area contributed by atoms with Gasteiger partial charge in [0.15, 0.2) is 0 Å². The summed E-state index contributed by atoms with van der Waals surface area (Å²) in [6.45, 7) is 0.666. The molecule has 8 nitrogen and oxygen atoms in total. The van der Waals surface area contributed by atoms with E-state index >= 15 is 0 Å². The molecular formula is C23H21N5O3S. The van der Waals surface area contributed by atoms with Crippen molar-refractivity contribution in [2.24, 2.45) is 0 Å². The average Bonchev–Trinajstić information content (AvgIpc) is 3.58. The zero-order chi connectivity index (χ0) is 21.9. The van der Waals surface area contributed by atoms with Crippen molar-refractivity contribution in [1.82, 2.24) is 20.1 Å². The molecule has 4 aromatic rings. The molecule has 1 fully saturated rings. The van der Waals surface area contributed by atoms with E-state index < -0.39 is 12.1 Å². The Morgan fingerprint density at radius 1 is 1.16 bits per heavy atom. The summed E-state index contributed by atoms with van der Waals surface area (Å²) in [5, 5.41) is 13.3. The highest BCUT2D eigenvalue weighted by Gasteiger charge is 2.35. The number of rotatable bonds is 5. The Labute approximate surface area is 188 Å². The van der Waals surface area contributed by atoms with Crippen molar-refractivity contribution >= 4 is 39.4 Å². The second kappa shape index (κ2) is 8.80. The molecule has 1 aliphatic rings. The van der Waals surface area contributed by atoms with E-state index in [-0.39, 0.29) is 12.5 Å². The summed E-state index contributed by atoms with van der Waals surface area (Å²) in [5.74, 6) is -0.275. The van der Waals surface area contributed by atoms with Crippen LogP contribution in [0.25, 0.3) is 21.5 Å². The van der Waals surface area contributed by atoms with E-state index in [0.29, 0.717) is 23.1 Å². The molecule has 5 rings (SSSR count). The van der Waals surface area contributed by atoms with Crippen LogP contribution in [0.5, 0.6) is 0 Å². The van der Waals surface area contributed by atoms with E-state index in [1.807, 2.05) is 60.8 Å². The van der Waals surface area contributed by atoms with Gasteiger partial charge in [0.2, 0.25) is 11.0 Å². The number of benzene rings is 2. The summed E-state index contributed by atoms with van der Waals surface area (Å²) in [6, 6.07) is 16.9. The van der Waals surface area contributed by atoms with Gasteiger partial charge in [0.1, 0.15) is 17.7 Å². The maximum absolute atomic E-state index is 12.9. The Balaban J connectivity index is 1.22. The maximum Gasteiger partial charge on any atom is 0.410 e. The first-order valence-corrected chi connectivity index (χ1v) is 11.2. The molecule has 2 aromatic carbocycles. The van der Waals surface area contributed by atoms with Crippen molar-refractivity contribution in [2.45, 2.75) is 25.5 Å². The van der Waals surface area contributed by atoms with Gasteiger partial charge in [-0.1, -0.05) is 41.7 Å². The second-order valence-corrected chi connectivity index (χ2v) is 8.55. The number of aromatic amines is 1. The van der Waals surface area contributed by atoms with Gasteiger partial charge in [-0.05, 0) is 42.7 Å². The topological polar surface area (TPSA) is 100 Å². The Morgan fingerprint density at radius 2 is 2.03 bits per heavy atom. The minimum atomic E-state index is -0.582. The third kappa shape index (κ3) is 4.19. The predicted molar refractivity (Wildman–Crippen MR) is 122 cm³/mol. The predicted octanol–water partition coefficient (Wildman–Crippen LogP) is 4.43. The van der Waals surface area contributed by atoms with Gasteiger partial charge in [-0.3, -0.25) is 15.0 Å². The summed E-state index contributed by atoms with van der Waals surface area (Å²) in [7, 11) is 0. The molecule has 32 heavy (non-hydrogen) atoms. The molecule has 1 saturated heterocycles.